The first kappa shape index (κ1) is 14.0. The van der Waals surface area contributed by atoms with Gasteiger partial charge in [0, 0.05) is 6.26 Å². The predicted octanol–water partition coefficient (Wildman–Crippen LogP) is 0.951. The van der Waals surface area contributed by atoms with Crippen molar-refractivity contribution in [3.63, 3.8) is 0 Å². The highest BCUT2D eigenvalue weighted by molar-refractivity contribution is 7.90. The highest BCUT2D eigenvalue weighted by Crippen LogP contribution is 2.27. The average molecular weight is 268 g/mol. The van der Waals surface area contributed by atoms with E-state index in [-0.39, 0.29) is 17.0 Å². The lowest BCUT2D eigenvalue weighted by Gasteiger charge is -2.10. The van der Waals surface area contributed by atoms with Gasteiger partial charge in [0.05, 0.1) is 23.8 Å². The second-order valence-corrected chi connectivity index (χ2v) is 5.53. The van der Waals surface area contributed by atoms with Crippen LogP contribution in [0.3, 0.4) is 0 Å². The summed E-state index contributed by atoms with van der Waals surface area (Å²) in [5, 5.41) is 10.8. The van der Waals surface area contributed by atoms with Gasteiger partial charge in [0.25, 0.3) is 0 Å². The van der Waals surface area contributed by atoms with Crippen molar-refractivity contribution in [2.45, 2.75) is 11.3 Å². The van der Waals surface area contributed by atoms with Crippen LogP contribution in [0.4, 0.5) is 5.69 Å². The third-order valence-corrected chi connectivity index (χ3v) is 3.22. The Balaban J connectivity index is 3.15. The predicted molar refractivity (Wildman–Crippen MR) is 65.0 cm³/mol. The van der Waals surface area contributed by atoms with Gasteiger partial charge in [0.2, 0.25) is 5.91 Å². The molecule has 0 bridgehead atoms. The zero-order valence-electron chi connectivity index (χ0n) is 9.93. The number of methoxy groups -OCH3 is 1. The van der Waals surface area contributed by atoms with Crippen LogP contribution in [0, 0.1) is 11.3 Å². The van der Waals surface area contributed by atoms with E-state index in [2.05, 4.69) is 5.32 Å². The molecule has 1 N–H and O–H groups in total. The fraction of sp³-hybridized carbons (Fsp3) is 0.273. The van der Waals surface area contributed by atoms with E-state index in [9.17, 15) is 13.2 Å². The maximum atomic E-state index is 11.4. The molecule has 1 aromatic carbocycles. The zero-order valence-corrected chi connectivity index (χ0v) is 10.7. The molecule has 7 heteroatoms. The van der Waals surface area contributed by atoms with E-state index in [0.29, 0.717) is 5.75 Å². The lowest BCUT2D eigenvalue weighted by molar-refractivity contribution is -0.115. The molecule has 0 fully saturated rings. The van der Waals surface area contributed by atoms with Crippen molar-refractivity contribution in [3.8, 4) is 11.8 Å². The van der Waals surface area contributed by atoms with Crippen LogP contribution < -0.4 is 10.1 Å². The van der Waals surface area contributed by atoms with Crippen LogP contribution in [-0.4, -0.2) is 27.7 Å². The maximum absolute atomic E-state index is 11.4. The number of anilines is 1. The van der Waals surface area contributed by atoms with E-state index in [0.717, 1.165) is 6.26 Å². The van der Waals surface area contributed by atoms with Crippen LogP contribution in [0.15, 0.2) is 23.1 Å². The smallest absolute Gasteiger partial charge is 0.238 e. The normalized spacial score (nSPS) is 10.5. The molecule has 96 valence electrons. The van der Waals surface area contributed by atoms with Crippen molar-refractivity contribution in [3.05, 3.63) is 18.2 Å². The first-order valence-corrected chi connectivity index (χ1v) is 6.82. The molecule has 0 saturated heterocycles. The van der Waals surface area contributed by atoms with Gasteiger partial charge < -0.3 is 10.1 Å². The molecule has 0 aliphatic heterocycles. The van der Waals surface area contributed by atoms with E-state index in [1.54, 1.807) is 6.07 Å². The van der Waals surface area contributed by atoms with Gasteiger partial charge in [-0.05, 0) is 18.2 Å². The number of ether oxygens (including phenoxy) is 1. The summed E-state index contributed by atoms with van der Waals surface area (Å²) in [6.07, 6.45) is 0.752. The topological polar surface area (TPSA) is 96.3 Å². The maximum Gasteiger partial charge on any atom is 0.238 e. The van der Waals surface area contributed by atoms with E-state index >= 15 is 0 Å². The van der Waals surface area contributed by atoms with Crippen molar-refractivity contribution in [1.29, 1.82) is 5.26 Å². The van der Waals surface area contributed by atoms with Gasteiger partial charge >= 0.3 is 0 Å². The number of nitriles is 1. The first-order chi connectivity index (χ1) is 8.38. The number of carbonyl (C=O) groups excluding carboxylic acids is 1. The molecule has 0 aromatic heterocycles. The first-order valence-electron chi connectivity index (χ1n) is 4.93. The number of hydrogen-bond acceptors (Lipinski definition) is 5. The summed E-state index contributed by atoms with van der Waals surface area (Å²) in [4.78, 5) is 11.4. The molecule has 0 unspecified atom stereocenters. The quantitative estimate of drug-likeness (QED) is 0.877. The lowest BCUT2D eigenvalue weighted by atomic mass is 10.3. The van der Waals surface area contributed by atoms with E-state index in [1.807, 2.05) is 0 Å². The minimum absolute atomic E-state index is 0.0653. The van der Waals surface area contributed by atoms with Gasteiger partial charge in [-0.15, -0.1) is 0 Å². The molecule has 18 heavy (non-hydrogen) atoms. The number of nitrogens with one attached hydrogen (secondary N) is 1. The SMILES string of the molecule is COc1ccc(S(C)(=O)=O)cc1NC(=O)CC#N. The Labute approximate surface area is 105 Å². The fourth-order valence-corrected chi connectivity index (χ4v) is 1.93. The Morgan fingerprint density at radius 1 is 1.50 bits per heavy atom. The second-order valence-electron chi connectivity index (χ2n) is 3.52. The van der Waals surface area contributed by atoms with Crippen molar-refractivity contribution in [2.75, 3.05) is 18.7 Å². The molecular weight excluding hydrogens is 256 g/mol. The summed E-state index contributed by atoms with van der Waals surface area (Å²) in [5.74, 6) is -0.199. The van der Waals surface area contributed by atoms with Gasteiger partial charge in [-0.25, -0.2) is 8.42 Å². The van der Waals surface area contributed by atoms with Gasteiger partial charge in [-0.1, -0.05) is 0 Å². The number of benzene rings is 1. The Morgan fingerprint density at radius 2 is 2.17 bits per heavy atom. The summed E-state index contributed by atoms with van der Waals surface area (Å²) in [6, 6.07) is 5.82. The van der Waals surface area contributed by atoms with Crippen LogP contribution >= 0.6 is 0 Å². The summed E-state index contributed by atoms with van der Waals surface area (Å²) in [5.41, 5.74) is 0.223. The monoisotopic (exact) mass is 268 g/mol. The molecule has 1 amide bonds. The molecule has 1 aromatic rings. The minimum Gasteiger partial charge on any atom is -0.495 e. The molecule has 0 aliphatic rings. The Kier molecular flexibility index (Phi) is 4.28. The number of nitrogens with zero attached hydrogens (tertiary/aromatic N) is 1. The van der Waals surface area contributed by atoms with E-state index < -0.39 is 15.7 Å². The van der Waals surface area contributed by atoms with Crippen LogP contribution in [0.1, 0.15) is 6.42 Å². The van der Waals surface area contributed by atoms with Crippen LogP contribution in [0.2, 0.25) is 0 Å². The summed E-state index contributed by atoms with van der Waals surface area (Å²) < 4.78 is 27.8. The summed E-state index contributed by atoms with van der Waals surface area (Å²) in [6.45, 7) is 0. The Bertz CT molecular complexity index is 602. The largest absolute Gasteiger partial charge is 0.495 e. The van der Waals surface area contributed by atoms with Crippen molar-refractivity contribution in [1.82, 2.24) is 0 Å². The molecule has 0 heterocycles. The molecule has 0 saturated carbocycles. The molecule has 0 spiro atoms. The zero-order chi connectivity index (χ0) is 13.8. The minimum atomic E-state index is -3.37. The van der Waals surface area contributed by atoms with Gasteiger partial charge in [0.15, 0.2) is 9.84 Å². The number of amides is 1. The molecular formula is C11H12N2O4S. The lowest BCUT2D eigenvalue weighted by Crippen LogP contribution is -2.11. The Hall–Kier alpha value is -2.07. The summed E-state index contributed by atoms with van der Waals surface area (Å²) >= 11 is 0. The van der Waals surface area contributed by atoms with Crippen molar-refractivity contribution >= 4 is 21.4 Å². The molecule has 0 aliphatic carbocycles. The highest BCUT2D eigenvalue weighted by Gasteiger charge is 2.13. The highest BCUT2D eigenvalue weighted by atomic mass is 32.2. The van der Waals surface area contributed by atoms with Gasteiger partial charge in [-0.3, -0.25) is 4.79 Å². The summed E-state index contributed by atoms with van der Waals surface area (Å²) in [7, 11) is -1.97. The van der Waals surface area contributed by atoms with Gasteiger partial charge in [-0.2, -0.15) is 5.26 Å². The van der Waals surface area contributed by atoms with Crippen LogP contribution in [0.5, 0.6) is 5.75 Å². The molecule has 1 rings (SSSR count). The number of hydrogen-bond donors (Lipinski definition) is 1. The van der Waals surface area contributed by atoms with Crippen LogP contribution in [0.25, 0.3) is 0 Å². The third kappa shape index (κ3) is 3.46. The molecule has 0 radical (unpaired) electrons. The van der Waals surface area contributed by atoms with Crippen molar-refractivity contribution in [2.24, 2.45) is 0 Å². The fourth-order valence-electron chi connectivity index (χ4n) is 1.28. The van der Waals surface area contributed by atoms with Crippen molar-refractivity contribution < 1.29 is 17.9 Å². The molecule has 6 nitrogen and oxygen atoms in total. The van der Waals surface area contributed by atoms with E-state index in [4.69, 9.17) is 10.00 Å². The van der Waals surface area contributed by atoms with E-state index in [1.165, 1.54) is 25.3 Å². The standard InChI is InChI=1S/C11H12N2O4S/c1-17-10-4-3-8(18(2,15)16)7-9(10)13-11(14)5-6-12/h3-4,7H,5H2,1-2H3,(H,13,14). The Morgan fingerprint density at radius 3 is 2.67 bits per heavy atom. The second kappa shape index (κ2) is 5.51. The number of rotatable bonds is 4. The third-order valence-electron chi connectivity index (χ3n) is 2.11. The number of carbonyl (C=O) groups is 1. The number of sulfone groups is 1. The molecule has 0 atom stereocenters. The van der Waals surface area contributed by atoms with Gasteiger partial charge in [0.1, 0.15) is 12.2 Å². The average Bonchev–Trinajstić information content (AvgIpc) is 2.28. The van der Waals surface area contributed by atoms with Crippen LogP contribution in [-0.2, 0) is 14.6 Å².